The van der Waals surface area contributed by atoms with Crippen LogP contribution in [0.15, 0.2) is 24.5 Å². The molecule has 0 spiro atoms. The number of imide groups is 1. The van der Waals surface area contributed by atoms with E-state index in [0.29, 0.717) is 25.1 Å². The first-order valence-corrected chi connectivity index (χ1v) is 12.9. The number of alkyl carbamates (subject to hydrolysis) is 1. The van der Waals surface area contributed by atoms with Gasteiger partial charge in [0.25, 0.3) is 0 Å². The number of rotatable bonds is 7. The molecular weight excluding hydrogens is 531 g/mol. The molecule has 1 aliphatic rings. The van der Waals surface area contributed by atoms with Gasteiger partial charge in [0.2, 0.25) is 11.8 Å². The third-order valence-corrected chi connectivity index (χ3v) is 6.11. The van der Waals surface area contributed by atoms with E-state index in [4.69, 9.17) is 4.74 Å². The number of nitrogens with one attached hydrogen (secondary N) is 2. The number of amides is 3. The predicted octanol–water partition coefficient (Wildman–Crippen LogP) is 3.62. The molecule has 2 heterocycles. The molecule has 1 aromatic carbocycles. The number of alkyl halides is 3. The summed E-state index contributed by atoms with van der Waals surface area (Å²) in [7, 11) is 0. The molecular formula is C26H36F3N7O4. The average Bonchev–Trinajstić information content (AvgIpc) is 3.48. The summed E-state index contributed by atoms with van der Waals surface area (Å²) in [6.45, 7) is 11.2. The maximum Gasteiger partial charge on any atom is 0.416 e. The summed E-state index contributed by atoms with van der Waals surface area (Å²) >= 11 is 0. The number of benzene rings is 1. The topological polar surface area (TPSA) is 131 Å². The highest BCUT2D eigenvalue weighted by Gasteiger charge is 2.36. The van der Waals surface area contributed by atoms with Crippen LogP contribution in [0.3, 0.4) is 0 Å². The van der Waals surface area contributed by atoms with Crippen molar-refractivity contribution in [1.82, 2.24) is 35.7 Å². The minimum absolute atomic E-state index is 0.00698. The second kappa shape index (κ2) is 11.9. The molecule has 1 fully saturated rings. The number of carbonyl (C=O) groups is 3. The molecule has 2 atom stereocenters. The van der Waals surface area contributed by atoms with Crippen molar-refractivity contribution in [1.29, 1.82) is 0 Å². The summed E-state index contributed by atoms with van der Waals surface area (Å²) in [5.41, 5.74) is -1.38. The monoisotopic (exact) mass is 567 g/mol. The van der Waals surface area contributed by atoms with Gasteiger partial charge in [0.05, 0.1) is 17.3 Å². The van der Waals surface area contributed by atoms with E-state index >= 15 is 0 Å². The number of carbonyl (C=O) groups excluding carboxylic acids is 3. The number of ether oxygens (including phenoxy) is 1. The smallest absolute Gasteiger partial charge is 0.416 e. The summed E-state index contributed by atoms with van der Waals surface area (Å²) in [6, 6.07) is 1.43. The summed E-state index contributed by atoms with van der Waals surface area (Å²) < 4.78 is 47.0. The Labute approximate surface area is 230 Å². The molecule has 2 N–H and O–H groups in total. The SMILES string of the molecule is CC(C)(C)C[C@@H](NC(=O)OC(C)(C)C)C(=O)NC(=O)[C@@H]1CCCN1Cc1cc(C(F)(F)F)ccc1-n1cnnn1. The van der Waals surface area contributed by atoms with E-state index in [1.807, 2.05) is 20.8 Å². The Kier molecular flexibility index (Phi) is 9.22. The van der Waals surface area contributed by atoms with E-state index in [1.165, 1.54) is 17.1 Å². The van der Waals surface area contributed by atoms with Crippen molar-refractivity contribution >= 4 is 17.9 Å². The Balaban J connectivity index is 1.78. The number of halogens is 3. The van der Waals surface area contributed by atoms with Gasteiger partial charge in [-0.1, -0.05) is 20.8 Å². The first-order chi connectivity index (χ1) is 18.4. The number of aromatic nitrogens is 4. The van der Waals surface area contributed by atoms with Gasteiger partial charge in [0.1, 0.15) is 18.0 Å². The summed E-state index contributed by atoms with van der Waals surface area (Å²) in [6.07, 6.45) is -2.84. The number of nitrogens with zero attached hydrogens (tertiary/aromatic N) is 5. The molecule has 0 bridgehead atoms. The van der Waals surface area contributed by atoms with Gasteiger partial charge >= 0.3 is 12.3 Å². The van der Waals surface area contributed by atoms with E-state index in [1.54, 1.807) is 25.7 Å². The number of hydrogen-bond donors (Lipinski definition) is 2. The van der Waals surface area contributed by atoms with Crippen LogP contribution in [0.1, 0.15) is 71.9 Å². The standard InChI is InChI=1S/C26H36F3N7O4/c1-24(2,3)13-18(31-23(39)40-25(4,5)6)21(37)32-22(38)20-8-7-11-35(20)14-16-12-17(26(27,28)29)9-10-19(16)36-15-30-33-34-36/h9-10,12,15,18,20H,7-8,11,13-14H2,1-6H3,(H,31,39)(H,32,37,38)/t18-,20+/m1/s1. The zero-order valence-corrected chi connectivity index (χ0v) is 23.5. The lowest BCUT2D eigenvalue weighted by Crippen LogP contribution is -2.54. The van der Waals surface area contributed by atoms with E-state index in [0.717, 1.165) is 12.1 Å². The van der Waals surface area contributed by atoms with Crippen LogP contribution in [0.2, 0.25) is 0 Å². The lowest BCUT2D eigenvalue weighted by molar-refractivity contribution is -0.138. The van der Waals surface area contributed by atoms with Crippen molar-refractivity contribution < 1.29 is 32.3 Å². The molecule has 14 heteroatoms. The van der Waals surface area contributed by atoms with Crippen molar-refractivity contribution in [3.63, 3.8) is 0 Å². The van der Waals surface area contributed by atoms with E-state index in [2.05, 4.69) is 26.2 Å². The van der Waals surface area contributed by atoms with Crippen LogP contribution >= 0.6 is 0 Å². The van der Waals surface area contributed by atoms with Gasteiger partial charge in [-0.15, -0.1) is 5.10 Å². The second-order valence-electron chi connectivity index (χ2n) is 12.0. The summed E-state index contributed by atoms with van der Waals surface area (Å²) in [5.74, 6) is -1.28. The molecule has 1 aliphatic heterocycles. The lowest BCUT2D eigenvalue weighted by atomic mass is 9.87. The average molecular weight is 568 g/mol. The third kappa shape index (κ3) is 8.73. The van der Waals surface area contributed by atoms with Gasteiger partial charge in [-0.3, -0.25) is 19.8 Å². The van der Waals surface area contributed by atoms with Crippen molar-refractivity contribution in [2.75, 3.05) is 6.54 Å². The van der Waals surface area contributed by atoms with Gasteiger partial charge in [0.15, 0.2) is 0 Å². The maximum atomic E-state index is 13.5. The third-order valence-electron chi connectivity index (χ3n) is 6.11. The molecule has 1 saturated heterocycles. The van der Waals surface area contributed by atoms with Crippen molar-refractivity contribution in [3.8, 4) is 5.69 Å². The predicted molar refractivity (Wildman–Crippen MR) is 138 cm³/mol. The molecule has 11 nitrogen and oxygen atoms in total. The Morgan fingerprint density at radius 1 is 1.12 bits per heavy atom. The van der Waals surface area contributed by atoms with Crippen LogP contribution in [0, 0.1) is 5.41 Å². The van der Waals surface area contributed by atoms with E-state index in [9.17, 15) is 27.6 Å². The van der Waals surface area contributed by atoms with Crippen LogP contribution in [0.25, 0.3) is 5.69 Å². The lowest BCUT2D eigenvalue weighted by Gasteiger charge is -2.29. The molecule has 3 rings (SSSR count). The molecule has 2 aromatic rings. The Hall–Kier alpha value is -3.55. The minimum Gasteiger partial charge on any atom is -0.444 e. The summed E-state index contributed by atoms with van der Waals surface area (Å²) in [5, 5.41) is 15.9. The Morgan fingerprint density at radius 3 is 2.40 bits per heavy atom. The van der Waals surface area contributed by atoms with Crippen LogP contribution in [-0.2, 0) is 27.0 Å². The van der Waals surface area contributed by atoms with Gasteiger partial charge < -0.3 is 10.1 Å². The van der Waals surface area contributed by atoms with Gasteiger partial charge in [-0.25, -0.2) is 9.48 Å². The molecule has 0 unspecified atom stereocenters. The zero-order valence-electron chi connectivity index (χ0n) is 23.5. The molecule has 0 radical (unpaired) electrons. The van der Waals surface area contributed by atoms with Crippen molar-refractivity contribution in [2.45, 2.75) is 91.2 Å². The Bertz CT molecular complexity index is 1200. The van der Waals surface area contributed by atoms with Crippen molar-refractivity contribution in [2.24, 2.45) is 5.41 Å². The molecule has 1 aromatic heterocycles. The fourth-order valence-electron chi connectivity index (χ4n) is 4.48. The van der Waals surface area contributed by atoms with Gasteiger partial charge in [-0.2, -0.15) is 13.2 Å². The molecule has 220 valence electrons. The maximum absolute atomic E-state index is 13.5. The van der Waals surface area contributed by atoms with E-state index in [-0.39, 0.29) is 23.9 Å². The highest BCUT2D eigenvalue weighted by atomic mass is 19.4. The van der Waals surface area contributed by atoms with Crippen LogP contribution in [0.4, 0.5) is 18.0 Å². The second-order valence-corrected chi connectivity index (χ2v) is 12.0. The molecule has 3 amide bonds. The summed E-state index contributed by atoms with van der Waals surface area (Å²) in [4.78, 5) is 40.5. The molecule has 40 heavy (non-hydrogen) atoms. The molecule has 0 aliphatic carbocycles. The van der Waals surface area contributed by atoms with Crippen LogP contribution in [-0.4, -0.2) is 67.2 Å². The van der Waals surface area contributed by atoms with Crippen LogP contribution < -0.4 is 10.6 Å². The highest BCUT2D eigenvalue weighted by molar-refractivity contribution is 6.01. The van der Waals surface area contributed by atoms with Crippen molar-refractivity contribution in [3.05, 3.63) is 35.7 Å². The van der Waals surface area contributed by atoms with Gasteiger partial charge in [0, 0.05) is 6.54 Å². The first-order valence-electron chi connectivity index (χ1n) is 12.9. The number of tetrazole rings is 1. The normalized spacial score (nSPS) is 17.4. The number of likely N-dealkylation sites (tertiary alicyclic amines) is 1. The fourth-order valence-corrected chi connectivity index (χ4v) is 4.48. The molecule has 0 saturated carbocycles. The minimum atomic E-state index is -4.56. The highest BCUT2D eigenvalue weighted by Crippen LogP contribution is 2.32. The van der Waals surface area contributed by atoms with Gasteiger partial charge in [-0.05, 0) is 86.2 Å². The first kappa shape index (κ1) is 31.0. The number of hydrogen-bond acceptors (Lipinski definition) is 8. The van der Waals surface area contributed by atoms with Crippen LogP contribution in [0.5, 0.6) is 0 Å². The Morgan fingerprint density at radius 2 is 1.82 bits per heavy atom. The van der Waals surface area contributed by atoms with E-state index < -0.39 is 47.3 Å². The fraction of sp³-hybridized carbons (Fsp3) is 0.615. The largest absolute Gasteiger partial charge is 0.444 e. The zero-order chi connectivity index (χ0) is 29.9. The quantitative estimate of drug-likeness (QED) is 0.519.